The molecule has 0 bridgehead atoms. The van der Waals surface area contributed by atoms with E-state index in [-0.39, 0.29) is 37.2 Å². The van der Waals surface area contributed by atoms with Crippen LogP contribution in [-0.2, 0) is 36.8 Å². The molecule has 0 spiro atoms. The van der Waals surface area contributed by atoms with Gasteiger partial charge >= 0.3 is 18.1 Å². The van der Waals surface area contributed by atoms with Crippen molar-refractivity contribution < 1.29 is 33.3 Å². The first-order valence-electron chi connectivity index (χ1n) is 12.4. The Morgan fingerprint density at radius 3 is 2.39 bits per heavy atom. The van der Waals surface area contributed by atoms with E-state index in [1.54, 1.807) is 24.3 Å². The van der Waals surface area contributed by atoms with Gasteiger partial charge in [0.05, 0.1) is 5.92 Å². The third kappa shape index (κ3) is 8.56. The Morgan fingerprint density at radius 1 is 0.944 bits per heavy atom. The van der Waals surface area contributed by atoms with Crippen molar-refractivity contribution in [1.29, 1.82) is 0 Å². The Hall–Kier alpha value is -3.61. The zero-order valence-corrected chi connectivity index (χ0v) is 20.7. The van der Waals surface area contributed by atoms with Gasteiger partial charge in [-0.1, -0.05) is 81.3 Å². The standard InChI is InChI=1S/C29H34O7/c1-3-17-33-29(32)35-25-16-10-13-23(18-25)19-26(28(31)34-20-22-11-6-4-7-12-22)36-27(30)21(2)24-14-8-5-9-15-24/h3-4,6-7,10-13,16,18,21,24,26H,1,5,8-9,14-15,17,19-20H2,2H3/t21-,26?/m0/s1. The smallest absolute Gasteiger partial charge is 0.458 e. The molecule has 192 valence electrons. The predicted molar refractivity (Wildman–Crippen MR) is 134 cm³/mol. The molecule has 3 rings (SSSR count). The maximum absolute atomic E-state index is 13.0. The Balaban J connectivity index is 1.70. The highest BCUT2D eigenvalue weighted by Crippen LogP contribution is 2.31. The quantitative estimate of drug-likeness (QED) is 0.169. The predicted octanol–water partition coefficient (Wildman–Crippen LogP) is 5.80. The molecule has 1 unspecified atom stereocenters. The van der Waals surface area contributed by atoms with Gasteiger partial charge in [0, 0.05) is 6.42 Å². The normalized spacial score (nSPS) is 15.2. The number of rotatable bonds is 11. The number of benzene rings is 2. The molecular weight excluding hydrogens is 460 g/mol. The fourth-order valence-corrected chi connectivity index (χ4v) is 4.27. The van der Waals surface area contributed by atoms with Gasteiger partial charge in [0.25, 0.3) is 0 Å². The lowest BCUT2D eigenvalue weighted by Crippen LogP contribution is -2.35. The van der Waals surface area contributed by atoms with E-state index in [1.807, 2.05) is 37.3 Å². The molecule has 7 heteroatoms. The molecule has 0 aromatic heterocycles. The number of esters is 2. The number of hydrogen-bond donors (Lipinski definition) is 0. The van der Waals surface area contributed by atoms with Crippen LogP contribution >= 0.6 is 0 Å². The van der Waals surface area contributed by atoms with Crippen molar-refractivity contribution in [3.8, 4) is 5.75 Å². The van der Waals surface area contributed by atoms with Gasteiger partial charge in [0.2, 0.25) is 6.10 Å². The van der Waals surface area contributed by atoms with Crippen molar-refractivity contribution >= 4 is 18.1 Å². The maximum Gasteiger partial charge on any atom is 0.514 e. The number of hydrogen-bond acceptors (Lipinski definition) is 7. The first-order valence-corrected chi connectivity index (χ1v) is 12.4. The van der Waals surface area contributed by atoms with E-state index < -0.39 is 24.2 Å². The lowest BCUT2D eigenvalue weighted by Gasteiger charge is -2.27. The largest absolute Gasteiger partial charge is 0.514 e. The summed E-state index contributed by atoms with van der Waals surface area (Å²) in [6, 6.07) is 15.9. The lowest BCUT2D eigenvalue weighted by atomic mass is 9.81. The number of carbonyl (C=O) groups excluding carboxylic acids is 3. The van der Waals surface area contributed by atoms with Crippen molar-refractivity contribution in [2.24, 2.45) is 11.8 Å². The summed E-state index contributed by atoms with van der Waals surface area (Å²) in [5.41, 5.74) is 1.48. The molecule has 0 aliphatic heterocycles. The van der Waals surface area contributed by atoms with Gasteiger partial charge in [-0.05, 0) is 42.0 Å². The molecule has 0 heterocycles. The fraction of sp³-hybridized carbons (Fsp3) is 0.414. The summed E-state index contributed by atoms with van der Waals surface area (Å²) in [5.74, 6) is -0.821. The SMILES string of the molecule is C=CCOC(=O)Oc1cccc(CC(OC(=O)[C@@H](C)C2CCCCC2)C(=O)OCc2ccccc2)c1. The molecule has 0 radical (unpaired) electrons. The molecule has 7 nitrogen and oxygen atoms in total. The summed E-state index contributed by atoms with van der Waals surface area (Å²) < 4.78 is 21.2. The maximum atomic E-state index is 13.0. The highest BCUT2D eigenvalue weighted by Gasteiger charge is 2.32. The summed E-state index contributed by atoms with van der Waals surface area (Å²) in [7, 11) is 0. The van der Waals surface area contributed by atoms with Crippen LogP contribution in [0.3, 0.4) is 0 Å². The molecule has 1 aliphatic rings. The average molecular weight is 495 g/mol. The van der Waals surface area contributed by atoms with Gasteiger partial charge in [0.15, 0.2) is 0 Å². The van der Waals surface area contributed by atoms with Gasteiger partial charge in [-0.15, -0.1) is 0 Å². The highest BCUT2D eigenvalue weighted by atomic mass is 16.7. The lowest BCUT2D eigenvalue weighted by molar-refractivity contribution is -0.172. The van der Waals surface area contributed by atoms with Crippen LogP contribution in [0.5, 0.6) is 5.75 Å². The Bertz CT molecular complexity index is 1010. The molecule has 0 N–H and O–H groups in total. The van der Waals surface area contributed by atoms with Crippen LogP contribution < -0.4 is 4.74 Å². The number of carbonyl (C=O) groups is 3. The summed E-state index contributed by atoms with van der Waals surface area (Å²) >= 11 is 0. The topological polar surface area (TPSA) is 88.1 Å². The Kier molecular flexibility index (Phi) is 10.5. The van der Waals surface area contributed by atoms with E-state index in [0.717, 1.165) is 31.2 Å². The minimum absolute atomic E-state index is 0.0307. The van der Waals surface area contributed by atoms with Gasteiger partial charge in [-0.25, -0.2) is 9.59 Å². The van der Waals surface area contributed by atoms with Gasteiger partial charge in [-0.2, -0.15) is 0 Å². The Morgan fingerprint density at radius 2 is 1.67 bits per heavy atom. The third-order valence-corrected chi connectivity index (χ3v) is 6.31. The van der Waals surface area contributed by atoms with Crippen molar-refractivity contribution in [1.82, 2.24) is 0 Å². The fourth-order valence-electron chi connectivity index (χ4n) is 4.27. The van der Waals surface area contributed by atoms with E-state index >= 15 is 0 Å². The van der Waals surface area contributed by atoms with Crippen LogP contribution in [0, 0.1) is 11.8 Å². The molecule has 2 atom stereocenters. The zero-order chi connectivity index (χ0) is 25.8. The minimum atomic E-state index is -1.13. The second-order valence-electron chi connectivity index (χ2n) is 9.01. The van der Waals surface area contributed by atoms with Crippen LogP contribution in [0.2, 0.25) is 0 Å². The monoisotopic (exact) mass is 494 g/mol. The molecule has 1 fully saturated rings. The van der Waals surface area contributed by atoms with Crippen molar-refractivity contribution in [3.05, 3.63) is 78.4 Å². The van der Waals surface area contributed by atoms with Crippen LogP contribution in [-0.4, -0.2) is 30.8 Å². The van der Waals surface area contributed by atoms with Crippen LogP contribution in [0.25, 0.3) is 0 Å². The van der Waals surface area contributed by atoms with E-state index in [1.165, 1.54) is 12.5 Å². The van der Waals surface area contributed by atoms with E-state index in [0.29, 0.717) is 5.56 Å². The molecule has 0 amide bonds. The summed E-state index contributed by atoms with van der Waals surface area (Å²) in [5, 5.41) is 0. The molecule has 1 saturated carbocycles. The van der Waals surface area contributed by atoms with Crippen LogP contribution in [0.15, 0.2) is 67.3 Å². The first-order chi connectivity index (χ1) is 17.5. The molecule has 2 aromatic rings. The zero-order valence-electron chi connectivity index (χ0n) is 20.7. The second kappa shape index (κ2) is 14.1. The average Bonchev–Trinajstić information content (AvgIpc) is 2.91. The Labute approximate surface area is 212 Å². The van der Waals surface area contributed by atoms with Gasteiger partial charge < -0.3 is 18.9 Å². The van der Waals surface area contributed by atoms with Crippen molar-refractivity contribution in [3.63, 3.8) is 0 Å². The summed E-state index contributed by atoms with van der Waals surface area (Å²) in [4.78, 5) is 37.8. The highest BCUT2D eigenvalue weighted by molar-refractivity contribution is 5.80. The van der Waals surface area contributed by atoms with Gasteiger partial charge in [0.1, 0.15) is 19.0 Å². The number of ether oxygens (including phenoxy) is 4. The molecular formula is C29H34O7. The van der Waals surface area contributed by atoms with E-state index in [4.69, 9.17) is 18.9 Å². The van der Waals surface area contributed by atoms with Crippen molar-refractivity contribution in [2.75, 3.05) is 6.61 Å². The van der Waals surface area contributed by atoms with E-state index in [9.17, 15) is 14.4 Å². The molecule has 36 heavy (non-hydrogen) atoms. The summed E-state index contributed by atoms with van der Waals surface area (Å²) in [6.07, 6.45) is 4.89. The van der Waals surface area contributed by atoms with Crippen LogP contribution in [0.1, 0.15) is 50.2 Å². The first kappa shape index (κ1) is 27.0. The molecule has 2 aromatic carbocycles. The molecule has 0 saturated heterocycles. The van der Waals surface area contributed by atoms with Crippen LogP contribution in [0.4, 0.5) is 4.79 Å². The second-order valence-corrected chi connectivity index (χ2v) is 9.01. The van der Waals surface area contributed by atoms with Crippen molar-refractivity contribution in [2.45, 2.75) is 58.2 Å². The third-order valence-electron chi connectivity index (χ3n) is 6.31. The molecule has 1 aliphatic carbocycles. The summed E-state index contributed by atoms with van der Waals surface area (Å²) in [6.45, 7) is 5.46. The van der Waals surface area contributed by atoms with E-state index in [2.05, 4.69) is 6.58 Å². The minimum Gasteiger partial charge on any atom is -0.458 e. The van der Waals surface area contributed by atoms with Gasteiger partial charge in [-0.3, -0.25) is 4.79 Å².